The summed E-state index contributed by atoms with van der Waals surface area (Å²) in [7, 11) is 0. The molecular formula is C33H40N2O3. The summed E-state index contributed by atoms with van der Waals surface area (Å²) < 4.78 is 5.86. The topological polar surface area (TPSA) is 58.6 Å². The third-order valence-corrected chi connectivity index (χ3v) is 7.24. The lowest BCUT2D eigenvalue weighted by Gasteiger charge is -2.33. The van der Waals surface area contributed by atoms with Crippen LogP contribution in [0, 0.1) is 6.92 Å². The largest absolute Gasteiger partial charge is 0.494 e. The molecule has 3 aromatic rings. The van der Waals surface area contributed by atoms with Gasteiger partial charge in [-0.15, -0.1) is 0 Å². The van der Waals surface area contributed by atoms with Gasteiger partial charge in [0.25, 0.3) is 0 Å². The van der Waals surface area contributed by atoms with E-state index in [1.807, 2.05) is 91.9 Å². The Balaban J connectivity index is 1.49. The quantitative estimate of drug-likeness (QED) is 0.292. The number of amides is 2. The van der Waals surface area contributed by atoms with Gasteiger partial charge in [-0.25, -0.2) is 0 Å². The summed E-state index contributed by atoms with van der Waals surface area (Å²) in [6.45, 7) is 2.89. The Hall–Kier alpha value is -3.60. The number of ether oxygens (including phenoxy) is 1. The van der Waals surface area contributed by atoms with Crippen molar-refractivity contribution in [2.75, 3.05) is 6.61 Å². The van der Waals surface area contributed by atoms with Crippen molar-refractivity contribution < 1.29 is 14.3 Å². The van der Waals surface area contributed by atoms with Crippen LogP contribution >= 0.6 is 0 Å². The number of rotatable bonds is 12. The van der Waals surface area contributed by atoms with Crippen molar-refractivity contribution in [1.29, 1.82) is 0 Å². The molecule has 0 bridgehead atoms. The van der Waals surface area contributed by atoms with Crippen LogP contribution < -0.4 is 10.1 Å². The van der Waals surface area contributed by atoms with E-state index in [1.54, 1.807) is 4.90 Å². The van der Waals surface area contributed by atoms with Crippen molar-refractivity contribution in [3.63, 3.8) is 0 Å². The van der Waals surface area contributed by atoms with E-state index in [0.29, 0.717) is 32.4 Å². The van der Waals surface area contributed by atoms with Crippen molar-refractivity contribution in [2.45, 2.75) is 76.9 Å². The van der Waals surface area contributed by atoms with Crippen molar-refractivity contribution >= 4 is 11.8 Å². The van der Waals surface area contributed by atoms with E-state index in [-0.39, 0.29) is 17.9 Å². The Labute approximate surface area is 227 Å². The van der Waals surface area contributed by atoms with Crippen LogP contribution in [0.25, 0.3) is 0 Å². The molecule has 38 heavy (non-hydrogen) atoms. The first-order chi connectivity index (χ1) is 18.6. The zero-order valence-corrected chi connectivity index (χ0v) is 22.5. The Morgan fingerprint density at radius 1 is 0.868 bits per heavy atom. The molecular weight excluding hydrogens is 472 g/mol. The fourth-order valence-corrected chi connectivity index (χ4v) is 5.07. The van der Waals surface area contributed by atoms with Crippen LogP contribution in [0.3, 0.4) is 0 Å². The first-order valence-electron chi connectivity index (χ1n) is 14.0. The lowest BCUT2D eigenvalue weighted by molar-refractivity contribution is -0.141. The number of benzene rings is 3. The molecule has 1 N–H and O–H groups in total. The monoisotopic (exact) mass is 512 g/mol. The molecule has 2 amide bonds. The minimum Gasteiger partial charge on any atom is -0.494 e. The number of nitrogens with one attached hydrogen (secondary N) is 1. The molecule has 0 heterocycles. The van der Waals surface area contributed by atoms with Gasteiger partial charge in [-0.2, -0.15) is 0 Å². The van der Waals surface area contributed by atoms with Gasteiger partial charge in [-0.3, -0.25) is 9.59 Å². The van der Waals surface area contributed by atoms with E-state index in [4.69, 9.17) is 4.74 Å². The molecule has 0 spiro atoms. The van der Waals surface area contributed by atoms with Crippen LogP contribution in [0.5, 0.6) is 5.75 Å². The van der Waals surface area contributed by atoms with E-state index in [0.717, 1.165) is 42.6 Å². The van der Waals surface area contributed by atoms with Crippen LogP contribution in [-0.2, 0) is 22.6 Å². The highest BCUT2D eigenvalue weighted by atomic mass is 16.5. The van der Waals surface area contributed by atoms with E-state index < -0.39 is 6.04 Å². The molecule has 1 aliphatic carbocycles. The summed E-state index contributed by atoms with van der Waals surface area (Å²) in [6.07, 6.45) is 6.91. The highest BCUT2D eigenvalue weighted by Gasteiger charge is 2.31. The molecule has 5 nitrogen and oxygen atoms in total. The smallest absolute Gasteiger partial charge is 0.243 e. The van der Waals surface area contributed by atoms with Gasteiger partial charge >= 0.3 is 0 Å². The van der Waals surface area contributed by atoms with Crippen LogP contribution in [0.15, 0.2) is 84.9 Å². The molecule has 1 fully saturated rings. The van der Waals surface area contributed by atoms with Crippen molar-refractivity contribution in [2.24, 2.45) is 0 Å². The molecule has 0 aromatic heterocycles. The van der Waals surface area contributed by atoms with Crippen LogP contribution in [-0.4, -0.2) is 35.4 Å². The van der Waals surface area contributed by atoms with Gasteiger partial charge in [0.15, 0.2) is 0 Å². The fraction of sp³-hybridized carbons (Fsp3) is 0.394. The van der Waals surface area contributed by atoms with E-state index in [2.05, 4.69) is 5.32 Å². The van der Waals surface area contributed by atoms with Gasteiger partial charge in [-0.05, 0) is 49.4 Å². The Bertz CT molecular complexity index is 1130. The second kappa shape index (κ2) is 14.4. The molecule has 1 saturated carbocycles. The predicted octanol–water partition coefficient (Wildman–Crippen LogP) is 6.24. The normalized spacial score (nSPS) is 14.4. The molecule has 1 aliphatic rings. The zero-order valence-electron chi connectivity index (χ0n) is 22.5. The van der Waals surface area contributed by atoms with Crippen LogP contribution in [0.1, 0.15) is 61.6 Å². The highest BCUT2D eigenvalue weighted by Crippen LogP contribution is 2.20. The Kier molecular flexibility index (Phi) is 10.4. The lowest BCUT2D eigenvalue weighted by atomic mass is 9.94. The second-order valence-corrected chi connectivity index (χ2v) is 10.3. The van der Waals surface area contributed by atoms with Gasteiger partial charge in [-0.1, -0.05) is 97.6 Å². The zero-order chi connectivity index (χ0) is 26.6. The number of aryl methyl sites for hydroxylation is 1. The predicted molar refractivity (Wildman–Crippen MR) is 152 cm³/mol. The fourth-order valence-electron chi connectivity index (χ4n) is 5.07. The SMILES string of the molecule is Cc1ccc(OCCCC(=O)N(Cc2ccccc2)[C@H](Cc2ccccc2)C(=O)NC2CCCCC2)cc1. The number of hydrogen-bond donors (Lipinski definition) is 1. The van der Waals surface area contributed by atoms with Gasteiger partial charge in [0.05, 0.1) is 6.61 Å². The summed E-state index contributed by atoms with van der Waals surface area (Å²) in [5.74, 6) is 0.722. The van der Waals surface area contributed by atoms with E-state index in [1.165, 1.54) is 12.0 Å². The van der Waals surface area contributed by atoms with Crippen LogP contribution in [0.4, 0.5) is 0 Å². The molecule has 0 saturated heterocycles. The average Bonchev–Trinajstić information content (AvgIpc) is 2.95. The highest BCUT2D eigenvalue weighted by molar-refractivity contribution is 5.88. The summed E-state index contributed by atoms with van der Waals surface area (Å²) in [4.78, 5) is 29.3. The molecule has 0 aliphatic heterocycles. The molecule has 5 heteroatoms. The van der Waals surface area contributed by atoms with Gasteiger partial charge < -0.3 is 15.0 Å². The number of carbonyl (C=O) groups excluding carboxylic acids is 2. The average molecular weight is 513 g/mol. The molecule has 200 valence electrons. The maximum Gasteiger partial charge on any atom is 0.243 e. The van der Waals surface area contributed by atoms with Crippen molar-refractivity contribution in [3.05, 3.63) is 102 Å². The molecule has 0 unspecified atom stereocenters. The summed E-state index contributed by atoms with van der Waals surface area (Å²) in [5, 5.41) is 3.30. The lowest BCUT2D eigenvalue weighted by Crippen LogP contribution is -2.52. The number of hydrogen-bond acceptors (Lipinski definition) is 3. The maximum absolute atomic E-state index is 13.8. The summed E-state index contributed by atoms with van der Waals surface area (Å²) in [6, 6.07) is 27.5. The molecule has 4 rings (SSSR count). The second-order valence-electron chi connectivity index (χ2n) is 10.3. The van der Waals surface area contributed by atoms with Crippen LogP contribution in [0.2, 0.25) is 0 Å². The Morgan fingerprint density at radius 3 is 2.16 bits per heavy atom. The minimum absolute atomic E-state index is 0.0268. The maximum atomic E-state index is 13.8. The van der Waals surface area contributed by atoms with E-state index in [9.17, 15) is 9.59 Å². The number of nitrogens with zero attached hydrogens (tertiary/aromatic N) is 1. The van der Waals surface area contributed by atoms with Gasteiger partial charge in [0.2, 0.25) is 11.8 Å². The summed E-state index contributed by atoms with van der Waals surface area (Å²) in [5.41, 5.74) is 3.24. The first kappa shape index (κ1) is 27.4. The van der Waals surface area contributed by atoms with Gasteiger partial charge in [0.1, 0.15) is 11.8 Å². The number of carbonyl (C=O) groups is 2. The molecule has 1 atom stereocenters. The minimum atomic E-state index is -0.579. The Morgan fingerprint density at radius 2 is 1.50 bits per heavy atom. The third-order valence-electron chi connectivity index (χ3n) is 7.24. The van der Waals surface area contributed by atoms with Crippen molar-refractivity contribution in [3.8, 4) is 5.75 Å². The molecule has 0 radical (unpaired) electrons. The third kappa shape index (κ3) is 8.47. The standard InChI is InChI=1S/C33H40N2O3/c1-26-19-21-30(22-20-26)38-23-11-18-32(36)35(25-28-14-7-3-8-15-28)31(24-27-12-5-2-6-13-27)33(37)34-29-16-9-4-10-17-29/h2-3,5-8,12-15,19-22,29,31H,4,9-11,16-18,23-25H2,1H3,(H,34,37)/t31-/m1/s1. The van der Waals surface area contributed by atoms with E-state index >= 15 is 0 Å². The van der Waals surface area contributed by atoms with Gasteiger partial charge in [0, 0.05) is 25.4 Å². The molecule has 3 aromatic carbocycles. The van der Waals surface area contributed by atoms with Crippen molar-refractivity contribution in [1.82, 2.24) is 10.2 Å². The summed E-state index contributed by atoms with van der Waals surface area (Å²) >= 11 is 0. The first-order valence-corrected chi connectivity index (χ1v) is 14.0.